The zero-order valence-corrected chi connectivity index (χ0v) is 16.3. The van der Waals surface area contributed by atoms with Crippen LogP contribution in [-0.4, -0.2) is 48.5 Å². The van der Waals surface area contributed by atoms with Gasteiger partial charge in [0.05, 0.1) is 18.1 Å². The van der Waals surface area contributed by atoms with Crippen LogP contribution >= 0.6 is 0 Å². The number of carbonyl (C=O) groups excluding carboxylic acids is 1. The Bertz CT molecular complexity index is 1250. The highest BCUT2D eigenvalue weighted by atomic mass is 19.1. The Morgan fingerprint density at radius 1 is 1.27 bits per heavy atom. The largest absolute Gasteiger partial charge is 0.345 e. The Morgan fingerprint density at radius 2 is 2.13 bits per heavy atom. The van der Waals surface area contributed by atoms with Gasteiger partial charge in [-0.1, -0.05) is 13.0 Å². The highest BCUT2D eigenvalue weighted by molar-refractivity contribution is 5.79. The molecule has 5 rings (SSSR count). The predicted octanol–water partition coefficient (Wildman–Crippen LogP) is 3.08. The number of benzene rings is 1. The number of halogens is 2. The van der Waals surface area contributed by atoms with E-state index in [4.69, 9.17) is 0 Å². The third-order valence-electron chi connectivity index (χ3n) is 5.97. The first-order valence-electron chi connectivity index (χ1n) is 9.90. The molecule has 2 atom stereocenters. The second kappa shape index (κ2) is 7.16. The first-order chi connectivity index (χ1) is 14.5. The van der Waals surface area contributed by atoms with Gasteiger partial charge in [0.15, 0.2) is 11.3 Å². The summed E-state index contributed by atoms with van der Waals surface area (Å²) in [6.45, 7) is 3.21. The van der Waals surface area contributed by atoms with E-state index < -0.39 is 11.6 Å². The molecule has 0 saturated carbocycles. The summed E-state index contributed by atoms with van der Waals surface area (Å²) in [5.74, 6) is -0.465. The molecule has 0 bridgehead atoms. The molecular weight excluding hydrogens is 390 g/mol. The Hall–Kier alpha value is -3.36. The van der Waals surface area contributed by atoms with E-state index in [9.17, 15) is 13.6 Å². The van der Waals surface area contributed by atoms with Crippen molar-refractivity contribution < 1.29 is 13.6 Å². The first-order valence-corrected chi connectivity index (χ1v) is 9.90. The molecule has 154 valence electrons. The van der Waals surface area contributed by atoms with Crippen LogP contribution < -0.4 is 0 Å². The molecular formula is C21H20F2N6O. The summed E-state index contributed by atoms with van der Waals surface area (Å²) in [5, 5.41) is 8.68. The van der Waals surface area contributed by atoms with Gasteiger partial charge in [0.1, 0.15) is 17.5 Å². The maximum absolute atomic E-state index is 14.0. The summed E-state index contributed by atoms with van der Waals surface area (Å²) in [4.78, 5) is 22.0. The molecule has 30 heavy (non-hydrogen) atoms. The molecule has 1 aromatic carbocycles. The van der Waals surface area contributed by atoms with Gasteiger partial charge < -0.3 is 9.88 Å². The third-order valence-corrected chi connectivity index (χ3v) is 5.97. The van der Waals surface area contributed by atoms with Crippen molar-refractivity contribution in [2.24, 2.45) is 5.92 Å². The SMILES string of the molecule is C[C@@H]1CCN(C(=O)Cc2ccc(F)cc2F)C[C@@H]1c1nnc2cnc3[nH]ccc3n12. The summed E-state index contributed by atoms with van der Waals surface area (Å²) in [7, 11) is 0. The van der Waals surface area contributed by atoms with Crippen LogP contribution in [-0.2, 0) is 11.2 Å². The van der Waals surface area contributed by atoms with Crippen LogP contribution in [0.15, 0.2) is 36.7 Å². The van der Waals surface area contributed by atoms with E-state index in [1.165, 1.54) is 12.1 Å². The molecule has 0 spiro atoms. The van der Waals surface area contributed by atoms with Gasteiger partial charge in [-0.05, 0) is 30.0 Å². The second-order valence-electron chi connectivity index (χ2n) is 7.85. The van der Waals surface area contributed by atoms with Crippen LogP contribution in [0.5, 0.6) is 0 Å². The topological polar surface area (TPSA) is 79.2 Å². The number of rotatable bonds is 3. The summed E-state index contributed by atoms with van der Waals surface area (Å²) in [6, 6.07) is 5.23. The monoisotopic (exact) mass is 410 g/mol. The van der Waals surface area contributed by atoms with Crippen LogP contribution in [0.2, 0.25) is 0 Å². The maximum atomic E-state index is 14.0. The number of amides is 1. The van der Waals surface area contributed by atoms with E-state index in [-0.39, 0.29) is 23.8 Å². The molecule has 0 radical (unpaired) electrons. The van der Waals surface area contributed by atoms with E-state index in [1.807, 2.05) is 16.7 Å². The van der Waals surface area contributed by atoms with Crippen LogP contribution in [0.25, 0.3) is 16.8 Å². The molecule has 1 aliphatic heterocycles. The number of nitrogens with zero attached hydrogens (tertiary/aromatic N) is 5. The molecule has 4 heterocycles. The Balaban J connectivity index is 1.43. The van der Waals surface area contributed by atoms with E-state index in [0.717, 1.165) is 29.5 Å². The van der Waals surface area contributed by atoms with Crippen molar-refractivity contribution in [1.29, 1.82) is 0 Å². The molecule has 4 aromatic rings. The van der Waals surface area contributed by atoms with Gasteiger partial charge in [-0.15, -0.1) is 10.2 Å². The van der Waals surface area contributed by atoms with Gasteiger partial charge in [0, 0.05) is 31.3 Å². The van der Waals surface area contributed by atoms with Crippen molar-refractivity contribution in [2.45, 2.75) is 25.7 Å². The number of aromatic nitrogens is 5. The number of hydrogen-bond acceptors (Lipinski definition) is 4. The van der Waals surface area contributed by atoms with E-state index in [0.29, 0.717) is 24.7 Å². The zero-order valence-electron chi connectivity index (χ0n) is 16.3. The fraction of sp³-hybridized carbons (Fsp3) is 0.333. The minimum Gasteiger partial charge on any atom is -0.345 e. The van der Waals surface area contributed by atoms with Crippen molar-refractivity contribution >= 4 is 22.7 Å². The molecule has 0 aliphatic carbocycles. The lowest BCUT2D eigenvalue weighted by atomic mass is 9.86. The Labute approximate surface area is 170 Å². The normalized spacial score (nSPS) is 19.6. The number of piperidine rings is 1. The first kappa shape index (κ1) is 18.7. The van der Waals surface area contributed by atoms with Gasteiger partial charge in [0.2, 0.25) is 5.91 Å². The van der Waals surface area contributed by atoms with Gasteiger partial charge in [-0.3, -0.25) is 9.20 Å². The van der Waals surface area contributed by atoms with Crippen molar-refractivity contribution in [3.63, 3.8) is 0 Å². The van der Waals surface area contributed by atoms with Crippen molar-refractivity contribution in [3.8, 4) is 0 Å². The van der Waals surface area contributed by atoms with Gasteiger partial charge in [0.25, 0.3) is 0 Å². The average Bonchev–Trinajstić information content (AvgIpc) is 3.36. The van der Waals surface area contributed by atoms with E-state index in [1.54, 1.807) is 11.1 Å². The van der Waals surface area contributed by atoms with Crippen molar-refractivity contribution in [3.05, 3.63) is 59.7 Å². The van der Waals surface area contributed by atoms with Gasteiger partial charge in [-0.2, -0.15) is 0 Å². The fourth-order valence-electron chi connectivity index (χ4n) is 4.21. The van der Waals surface area contributed by atoms with Gasteiger partial charge in [-0.25, -0.2) is 13.8 Å². The van der Waals surface area contributed by atoms with Crippen LogP contribution in [0.4, 0.5) is 8.78 Å². The van der Waals surface area contributed by atoms with E-state index in [2.05, 4.69) is 27.1 Å². The minimum atomic E-state index is -0.698. The second-order valence-corrected chi connectivity index (χ2v) is 7.85. The van der Waals surface area contributed by atoms with Crippen LogP contribution in [0.1, 0.15) is 30.7 Å². The average molecular weight is 410 g/mol. The number of likely N-dealkylation sites (tertiary alicyclic amines) is 1. The van der Waals surface area contributed by atoms with Crippen LogP contribution in [0, 0.1) is 17.6 Å². The fourth-order valence-corrected chi connectivity index (χ4v) is 4.21. The van der Waals surface area contributed by atoms with Crippen molar-refractivity contribution in [2.75, 3.05) is 13.1 Å². The minimum absolute atomic E-state index is 0.0173. The molecule has 1 amide bonds. The molecule has 1 aliphatic rings. The Kier molecular flexibility index (Phi) is 4.45. The lowest BCUT2D eigenvalue weighted by Gasteiger charge is -2.36. The highest BCUT2D eigenvalue weighted by Crippen LogP contribution is 2.32. The Morgan fingerprint density at radius 3 is 2.97 bits per heavy atom. The lowest BCUT2D eigenvalue weighted by Crippen LogP contribution is -2.43. The van der Waals surface area contributed by atoms with E-state index >= 15 is 0 Å². The van der Waals surface area contributed by atoms with Gasteiger partial charge >= 0.3 is 0 Å². The number of fused-ring (bicyclic) bond motifs is 3. The molecule has 9 heteroatoms. The zero-order chi connectivity index (χ0) is 20.8. The lowest BCUT2D eigenvalue weighted by molar-refractivity contribution is -0.132. The molecule has 1 saturated heterocycles. The van der Waals surface area contributed by atoms with Crippen LogP contribution in [0.3, 0.4) is 0 Å². The third kappa shape index (κ3) is 3.10. The summed E-state index contributed by atoms with van der Waals surface area (Å²) >= 11 is 0. The maximum Gasteiger partial charge on any atom is 0.227 e. The number of carbonyl (C=O) groups is 1. The quantitative estimate of drug-likeness (QED) is 0.563. The number of nitrogens with one attached hydrogen (secondary N) is 1. The predicted molar refractivity (Wildman–Crippen MR) is 106 cm³/mol. The van der Waals surface area contributed by atoms with Crippen molar-refractivity contribution in [1.82, 2.24) is 29.5 Å². The molecule has 1 N–H and O–H groups in total. The summed E-state index contributed by atoms with van der Waals surface area (Å²) in [5.41, 5.74) is 2.48. The highest BCUT2D eigenvalue weighted by Gasteiger charge is 2.33. The molecule has 7 nitrogen and oxygen atoms in total. The molecule has 1 fully saturated rings. The number of H-pyrrole nitrogens is 1. The molecule has 3 aromatic heterocycles. The summed E-state index contributed by atoms with van der Waals surface area (Å²) < 4.78 is 29.1. The number of hydrogen-bond donors (Lipinski definition) is 1. The smallest absolute Gasteiger partial charge is 0.227 e. The molecule has 0 unspecified atom stereocenters. The number of aromatic amines is 1. The summed E-state index contributed by atoms with van der Waals surface area (Å²) in [6.07, 6.45) is 4.19. The standard InChI is InChI=1S/C21H20F2N6O/c1-12-5-7-28(19(30)8-13-2-3-14(22)9-16(13)23)11-15(12)21-27-26-18-10-25-20-17(29(18)21)4-6-24-20/h2-4,6,9-10,12,15,24H,5,7-8,11H2,1H3/t12-,15+/m1/s1.